The summed E-state index contributed by atoms with van der Waals surface area (Å²) < 4.78 is 34.5. The van der Waals surface area contributed by atoms with Crippen molar-refractivity contribution in [2.24, 2.45) is 5.92 Å². The van der Waals surface area contributed by atoms with E-state index in [-0.39, 0.29) is 12.5 Å². The Kier molecular flexibility index (Phi) is 9.15. The van der Waals surface area contributed by atoms with Gasteiger partial charge in [-0.15, -0.1) is 0 Å². The van der Waals surface area contributed by atoms with Gasteiger partial charge in [-0.25, -0.2) is 4.79 Å². The van der Waals surface area contributed by atoms with E-state index in [1.54, 1.807) is 6.92 Å². The highest BCUT2D eigenvalue weighted by molar-refractivity contribution is 8.07. The van der Waals surface area contributed by atoms with Gasteiger partial charge in [0.1, 0.15) is 6.10 Å². The minimum Gasteiger partial charge on any atom is -0.378 e. The van der Waals surface area contributed by atoms with Crippen LogP contribution in [-0.2, 0) is 34.7 Å². The van der Waals surface area contributed by atoms with Crippen LogP contribution >= 0.6 is 14.3 Å². The van der Waals surface area contributed by atoms with Gasteiger partial charge >= 0.3 is 20.0 Å². The summed E-state index contributed by atoms with van der Waals surface area (Å²) in [6, 6.07) is 0.473. The van der Waals surface area contributed by atoms with Gasteiger partial charge in [0.25, 0.3) is 5.56 Å². The molecular weight excluding hydrogens is 470 g/mol. The Morgan fingerprint density at radius 2 is 2.03 bits per heavy atom. The Morgan fingerprint density at radius 1 is 1.35 bits per heavy atom. The quantitative estimate of drug-likeness (QED) is 0.408. The van der Waals surface area contributed by atoms with Gasteiger partial charge in [0.05, 0.1) is 18.2 Å². The number of methoxy groups -OCH3 is 1. The van der Waals surface area contributed by atoms with Crippen LogP contribution in [0.1, 0.15) is 32.7 Å². The lowest BCUT2D eigenvalue weighted by Gasteiger charge is -2.30. The molecule has 3 N–H and O–H groups in total. The lowest BCUT2D eigenvalue weighted by atomic mass is 10.1. The predicted octanol–water partition coefficient (Wildman–Crippen LogP) is 1.88. The van der Waals surface area contributed by atoms with Gasteiger partial charge in [0.2, 0.25) is 0 Å². The Labute approximate surface area is 184 Å². The van der Waals surface area contributed by atoms with E-state index in [1.165, 1.54) is 30.0 Å². The maximum Gasteiger partial charge on any atom is 0.351 e. The third-order valence-electron chi connectivity index (χ3n) is 5.05. The predicted molar refractivity (Wildman–Crippen MR) is 117 cm³/mol. The molecule has 1 aromatic rings. The highest BCUT2D eigenvalue weighted by Crippen LogP contribution is 2.53. The van der Waals surface area contributed by atoms with Gasteiger partial charge < -0.3 is 28.1 Å². The second-order valence-electron chi connectivity index (χ2n) is 7.14. The summed E-state index contributed by atoms with van der Waals surface area (Å²) in [6.07, 6.45) is 1.54. The maximum atomic E-state index is 12.4. The number of nitrogens with zero attached hydrogens (tertiary/aromatic N) is 1. The third-order valence-corrected chi connectivity index (χ3v) is 7.77. The van der Waals surface area contributed by atoms with Gasteiger partial charge in [0.15, 0.2) is 0 Å². The molecule has 11 nitrogen and oxygen atoms in total. The Balaban J connectivity index is 2.46. The van der Waals surface area contributed by atoms with Crippen LogP contribution in [0, 0.1) is 5.92 Å². The monoisotopic (exact) mass is 498 g/mol. The lowest BCUT2D eigenvalue weighted by molar-refractivity contribution is -0.0154. The smallest absolute Gasteiger partial charge is 0.351 e. The minimum absolute atomic E-state index is 0.230. The minimum atomic E-state index is -3.94. The molecule has 0 aromatic carbocycles. The fourth-order valence-electron chi connectivity index (χ4n) is 3.36. The highest BCUT2D eigenvalue weighted by atomic mass is 32.5. The molecule has 1 aromatic heterocycles. The summed E-state index contributed by atoms with van der Waals surface area (Å²) in [5.41, 5.74) is -1.24. The molecule has 1 aliphatic carbocycles. The van der Waals surface area contributed by atoms with E-state index in [4.69, 9.17) is 25.6 Å². The van der Waals surface area contributed by atoms with E-state index in [2.05, 4.69) is 9.51 Å². The summed E-state index contributed by atoms with van der Waals surface area (Å²) in [6.45, 7) is -0.119. The first-order chi connectivity index (χ1) is 14.4. The first-order valence-electron chi connectivity index (χ1n) is 9.54. The van der Waals surface area contributed by atoms with E-state index in [0.29, 0.717) is 6.42 Å². The van der Waals surface area contributed by atoms with Crippen molar-refractivity contribution in [3.63, 3.8) is 0 Å². The number of rotatable bonds is 10. The Hall–Kier alpha value is -0.940. The first-order valence-corrected chi connectivity index (χ1v) is 13.8. The molecule has 0 aliphatic heterocycles. The second kappa shape index (κ2) is 10.8. The number of ether oxygens (including phenoxy) is 1. The van der Waals surface area contributed by atoms with Crippen molar-refractivity contribution in [2.45, 2.75) is 51.0 Å². The number of H-pyrrole nitrogens is 1. The van der Waals surface area contributed by atoms with Crippen molar-refractivity contribution in [1.82, 2.24) is 9.55 Å². The SMILES string of the molecule is CCC(C)OP(O)(=S)O[C@@H]1[C@H](OC)[C@@H](/C=C/P(=O)(O)OC)C[C@H]1n1ccc(=O)[nH]c1=O. The van der Waals surface area contributed by atoms with Crippen molar-refractivity contribution in [2.75, 3.05) is 14.2 Å². The van der Waals surface area contributed by atoms with Crippen molar-refractivity contribution in [3.05, 3.63) is 45.0 Å². The van der Waals surface area contributed by atoms with Gasteiger partial charge in [-0.2, -0.15) is 0 Å². The molecule has 1 heterocycles. The fourth-order valence-corrected chi connectivity index (χ4v) is 5.88. The molecule has 14 heteroatoms. The van der Waals surface area contributed by atoms with Crippen LogP contribution in [0.15, 0.2) is 33.7 Å². The average molecular weight is 498 g/mol. The zero-order valence-electron chi connectivity index (χ0n) is 17.6. The number of aromatic amines is 1. The molecule has 176 valence electrons. The van der Waals surface area contributed by atoms with Crippen LogP contribution in [0.25, 0.3) is 0 Å². The topological polar surface area (TPSA) is 149 Å². The largest absolute Gasteiger partial charge is 0.378 e. The molecule has 1 saturated carbocycles. The third kappa shape index (κ3) is 7.02. The molecule has 0 bridgehead atoms. The van der Waals surface area contributed by atoms with Gasteiger partial charge in [0, 0.05) is 38.2 Å². The van der Waals surface area contributed by atoms with E-state index in [0.717, 1.165) is 12.9 Å². The van der Waals surface area contributed by atoms with E-state index >= 15 is 0 Å². The summed E-state index contributed by atoms with van der Waals surface area (Å²) >= 11 is 5.16. The van der Waals surface area contributed by atoms with Crippen LogP contribution in [0.4, 0.5) is 0 Å². The van der Waals surface area contributed by atoms with Crippen LogP contribution in [0.3, 0.4) is 0 Å². The van der Waals surface area contributed by atoms with Crippen molar-refractivity contribution >= 4 is 26.1 Å². The molecular formula is C17H28N2O9P2S. The average Bonchev–Trinajstić information content (AvgIpc) is 3.02. The molecule has 0 spiro atoms. The molecule has 0 radical (unpaired) electrons. The van der Waals surface area contributed by atoms with Crippen LogP contribution in [0.5, 0.6) is 0 Å². The van der Waals surface area contributed by atoms with Gasteiger partial charge in [-0.05, 0) is 31.6 Å². The van der Waals surface area contributed by atoms with Crippen molar-refractivity contribution < 1.29 is 32.7 Å². The van der Waals surface area contributed by atoms with Gasteiger partial charge in [-0.3, -0.25) is 18.9 Å². The van der Waals surface area contributed by atoms with Crippen molar-refractivity contribution in [3.8, 4) is 0 Å². The fraction of sp³-hybridized carbons (Fsp3) is 0.647. The van der Waals surface area contributed by atoms with Gasteiger partial charge in [-0.1, -0.05) is 13.0 Å². The number of hydrogen-bond donors (Lipinski definition) is 3. The summed E-state index contributed by atoms with van der Waals surface area (Å²) in [5.74, 6) is 0.539. The van der Waals surface area contributed by atoms with Crippen LogP contribution in [0.2, 0.25) is 0 Å². The van der Waals surface area contributed by atoms with E-state index in [9.17, 15) is 23.9 Å². The number of aromatic nitrogens is 2. The molecule has 3 unspecified atom stereocenters. The molecule has 31 heavy (non-hydrogen) atoms. The number of hydrogen-bond acceptors (Lipinski definition) is 8. The summed E-state index contributed by atoms with van der Waals surface area (Å²) in [5, 5.41) is 0. The molecule has 1 aliphatic rings. The standard InChI is InChI=1S/C17H28N2O9P2S/c1-5-11(2)27-30(24,31)28-16-13(19-8-6-14(20)18-17(19)21)10-12(15(16)25-3)7-9-29(22,23)26-4/h6-9,11-13,15-16H,5,10H2,1-4H3,(H,22,23)(H,24,31)(H,18,20,21)/b9-7+/t11?,12-,13+,15+,16-,30?/m0/s1. The zero-order chi connectivity index (χ0) is 23.4. The Morgan fingerprint density at radius 3 is 2.58 bits per heavy atom. The maximum absolute atomic E-state index is 12.4. The Bertz CT molecular complexity index is 994. The molecule has 7 atom stereocenters. The van der Waals surface area contributed by atoms with E-state index < -0.39 is 49.7 Å². The van der Waals surface area contributed by atoms with Crippen LogP contribution < -0.4 is 11.2 Å². The molecule has 0 saturated heterocycles. The molecule has 2 rings (SSSR count). The van der Waals surface area contributed by atoms with E-state index in [1.807, 2.05) is 6.92 Å². The normalized spacial score (nSPS) is 29.0. The summed E-state index contributed by atoms with van der Waals surface area (Å²) in [7, 11) is -1.42. The molecule has 0 amide bonds. The highest BCUT2D eigenvalue weighted by Gasteiger charge is 2.47. The number of nitrogens with one attached hydrogen (secondary N) is 1. The lowest BCUT2D eigenvalue weighted by Crippen LogP contribution is -2.38. The first kappa shape index (κ1) is 26.3. The van der Waals surface area contributed by atoms with Crippen molar-refractivity contribution in [1.29, 1.82) is 0 Å². The summed E-state index contributed by atoms with van der Waals surface area (Å²) in [4.78, 5) is 46.4. The van der Waals surface area contributed by atoms with Crippen LogP contribution in [-0.4, -0.2) is 51.9 Å². The second-order valence-corrected chi connectivity index (χ2v) is 11.7. The molecule has 1 fully saturated rings. The zero-order valence-corrected chi connectivity index (χ0v) is 20.2.